The van der Waals surface area contributed by atoms with E-state index in [4.69, 9.17) is 4.74 Å². The van der Waals surface area contributed by atoms with Crippen LogP contribution in [-0.4, -0.2) is 36.1 Å². The van der Waals surface area contributed by atoms with Crippen molar-refractivity contribution < 1.29 is 18.8 Å². The molecule has 1 aromatic carbocycles. The van der Waals surface area contributed by atoms with Crippen molar-refractivity contribution in [3.8, 4) is 5.69 Å². The summed E-state index contributed by atoms with van der Waals surface area (Å²) in [5.41, 5.74) is 0.368. The first-order valence-corrected chi connectivity index (χ1v) is 8.68. The number of nitrogens with one attached hydrogen (secondary N) is 1. The first-order valence-electron chi connectivity index (χ1n) is 8.68. The van der Waals surface area contributed by atoms with E-state index < -0.39 is 23.7 Å². The molecule has 3 rings (SSSR count). The maximum atomic E-state index is 14.7. The zero-order valence-electron chi connectivity index (χ0n) is 14.8. The first-order chi connectivity index (χ1) is 13.0. The number of rotatable bonds is 5. The number of halogens is 1. The largest absolute Gasteiger partial charge is 0.466 e. The highest BCUT2D eigenvalue weighted by Crippen LogP contribution is 2.25. The molecule has 1 fully saturated rings. The zero-order chi connectivity index (χ0) is 19.4. The van der Waals surface area contributed by atoms with Crippen LogP contribution in [0.15, 0.2) is 53.5 Å². The van der Waals surface area contributed by atoms with E-state index >= 15 is 0 Å². The number of carbonyl (C=O) groups is 2. The number of aromatic nitrogens is 1. The third kappa shape index (κ3) is 3.90. The molecular weight excluding hydrogens is 353 g/mol. The van der Waals surface area contributed by atoms with Gasteiger partial charge in [-0.1, -0.05) is 10.5 Å². The molecule has 0 unspecified atom stereocenters. The summed E-state index contributed by atoms with van der Waals surface area (Å²) in [6, 6.07) is 10.7. The van der Waals surface area contributed by atoms with E-state index in [-0.39, 0.29) is 36.1 Å². The lowest BCUT2D eigenvalue weighted by Gasteiger charge is -2.20. The highest BCUT2D eigenvalue weighted by Gasteiger charge is 2.41. The SMILES string of the molecule is CCOC(=O)[C@H]1CNC[C@@H]1C(=O)N(F)c1ccc(-n2ccccc2=O)cc1. The van der Waals surface area contributed by atoms with Gasteiger partial charge in [0.1, 0.15) is 0 Å². The van der Waals surface area contributed by atoms with Crippen molar-refractivity contribution in [2.24, 2.45) is 11.8 Å². The molecule has 0 radical (unpaired) electrons. The molecule has 0 spiro atoms. The van der Waals surface area contributed by atoms with Crippen molar-refractivity contribution in [2.75, 3.05) is 24.8 Å². The Morgan fingerprint density at radius 2 is 1.89 bits per heavy atom. The number of benzene rings is 1. The Bertz CT molecular complexity index is 881. The number of carbonyl (C=O) groups excluding carboxylic acids is 2. The summed E-state index contributed by atoms with van der Waals surface area (Å²) in [6.45, 7) is 2.37. The summed E-state index contributed by atoms with van der Waals surface area (Å²) in [5.74, 6) is -2.85. The lowest BCUT2D eigenvalue weighted by atomic mass is 9.95. The number of anilines is 1. The van der Waals surface area contributed by atoms with E-state index in [1.807, 2.05) is 0 Å². The van der Waals surface area contributed by atoms with Crippen LogP contribution in [0.2, 0.25) is 0 Å². The molecule has 1 aliphatic heterocycles. The van der Waals surface area contributed by atoms with Crippen LogP contribution in [0.3, 0.4) is 0 Å². The van der Waals surface area contributed by atoms with Gasteiger partial charge in [-0.15, -0.1) is 5.12 Å². The van der Waals surface area contributed by atoms with Crippen molar-refractivity contribution in [3.63, 3.8) is 0 Å². The molecule has 0 saturated carbocycles. The maximum Gasteiger partial charge on any atom is 0.311 e. The van der Waals surface area contributed by atoms with E-state index in [0.29, 0.717) is 5.69 Å². The Morgan fingerprint density at radius 1 is 1.19 bits per heavy atom. The van der Waals surface area contributed by atoms with Gasteiger partial charge in [-0.25, -0.2) is 0 Å². The molecular formula is C19H20FN3O4. The molecule has 7 nitrogen and oxygen atoms in total. The van der Waals surface area contributed by atoms with E-state index in [9.17, 15) is 18.9 Å². The van der Waals surface area contributed by atoms with Crippen LogP contribution in [0.1, 0.15) is 6.92 Å². The summed E-state index contributed by atoms with van der Waals surface area (Å²) in [7, 11) is 0. The Kier molecular flexibility index (Phi) is 5.66. The van der Waals surface area contributed by atoms with Crippen molar-refractivity contribution in [1.29, 1.82) is 0 Å². The third-order valence-corrected chi connectivity index (χ3v) is 4.49. The van der Waals surface area contributed by atoms with E-state index in [2.05, 4.69) is 5.32 Å². The quantitative estimate of drug-likeness (QED) is 0.634. The molecule has 1 saturated heterocycles. The highest BCUT2D eigenvalue weighted by atomic mass is 19.2. The molecule has 2 aromatic rings. The van der Waals surface area contributed by atoms with Gasteiger partial charge in [-0.05, 0) is 37.3 Å². The number of esters is 1. The van der Waals surface area contributed by atoms with Gasteiger partial charge in [0.2, 0.25) is 0 Å². The predicted octanol–water partition coefficient (Wildman–Crippen LogP) is 1.45. The van der Waals surface area contributed by atoms with Gasteiger partial charge < -0.3 is 10.1 Å². The molecule has 0 aliphatic carbocycles. The van der Waals surface area contributed by atoms with Gasteiger partial charge in [0.25, 0.3) is 11.5 Å². The number of ether oxygens (including phenoxy) is 1. The summed E-state index contributed by atoms with van der Waals surface area (Å²) in [4.78, 5) is 36.3. The predicted molar refractivity (Wildman–Crippen MR) is 97.1 cm³/mol. The highest BCUT2D eigenvalue weighted by molar-refractivity contribution is 5.96. The Labute approximate surface area is 155 Å². The van der Waals surface area contributed by atoms with Crippen molar-refractivity contribution in [2.45, 2.75) is 6.92 Å². The van der Waals surface area contributed by atoms with Crippen LogP contribution in [0.25, 0.3) is 5.69 Å². The van der Waals surface area contributed by atoms with Crippen LogP contribution in [0, 0.1) is 11.8 Å². The number of hydrogen-bond acceptors (Lipinski definition) is 5. The number of hydrogen-bond donors (Lipinski definition) is 1. The van der Waals surface area contributed by atoms with Crippen molar-refractivity contribution in [3.05, 3.63) is 59.0 Å². The lowest BCUT2D eigenvalue weighted by Crippen LogP contribution is -2.37. The van der Waals surface area contributed by atoms with Gasteiger partial charge in [0, 0.05) is 31.0 Å². The smallest absolute Gasteiger partial charge is 0.311 e. The van der Waals surface area contributed by atoms with E-state index in [0.717, 1.165) is 0 Å². The Morgan fingerprint density at radius 3 is 2.56 bits per heavy atom. The summed E-state index contributed by atoms with van der Waals surface area (Å²) in [5, 5.41) is 2.98. The van der Waals surface area contributed by atoms with Crippen molar-refractivity contribution in [1.82, 2.24) is 9.88 Å². The van der Waals surface area contributed by atoms with Gasteiger partial charge in [-0.3, -0.25) is 19.0 Å². The molecule has 2 heterocycles. The van der Waals surface area contributed by atoms with Crippen LogP contribution >= 0.6 is 0 Å². The summed E-state index contributed by atoms with van der Waals surface area (Å²) < 4.78 is 21.0. The average Bonchev–Trinajstić information content (AvgIpc) is 3.17. The van der Waals surface area contributed by atoms with E-state index in [1.165, 1.54) is 22.8 Å². The van der Waals surface area contributed by atoms with Crippen LogP contribution in [0.4, 0.5) is 10.2 Å². The second-order valence-corrected chi connectivity index (χ2v) is 6.17. The minimum absolute atomic E-state index is 0.0299. The fourth-order valence-electron chi connectivity index (χ4n) is 3.09. The van der Waals surface area contributed by atoms with Crippen LogP contribution in [-0.2, 0) is 14.3 Å². The number of amides is 1. The fraction of sp³-hybridized carbons (Fsp3) is 0.316. The molecule has 1 aliphatic rings. The molecule has 1 aromatic heterocycles. The van der Waals surface area contributed by atoms with Crippen molar-refractivity contribution >= 4 is 17.6 Å². The molecule has 2 atom stereocenters. The molecule has 0 bridgehead atoms. The zero-order valence-corrected chi connectivity index (χ0v) is 14.8. The number of pyridine rings is 1. The van der Waals surface area contributed by atoms with Gasteiger partial charge in [0.15, 0.2) is 0 Å². The van der Waals surface area contributed by atoms with Gasteiger partial charge in [0.05, 0.1) is 24.1 Å². The normalized spacial score (nSPS) is 18.9. The Balaban J connectivity index is 1.76. The second kappa shape index (κ2) is 8.13. The average molecular weight is 373 g/mol. The fourth-order valence-corrected chi connectivity index (χ4v) is 3.09. The molecule has 27 heavy (non-hydrogen) atoms. The molecule has 142 valence electrons. The minimum atomic E-state index is -0.828. The Hall–Kier alpha value is -3.00. The third-order valence-electron chi connectivity index (χ3n) is 4.49. The minimum Gasteiger partial charge on any atom is -0.466 e. The van der Waals surface area contributed by atoms with Crippen LogP contribution in [0.5, 0.6) is 0 Å². The lowest BCUT2D eigenvalue weighted by molar-refractivity contribution is -0.150. The molecule has 1 N–H and O–H groups in total. The van der Waals surface area contributed by atoms with Crippen LogP contribution < -0.4 is 16.0 Å². The van der Waals surface area contributed by atoms with E-state index in [1.54, 1.807) is 37.4 Å². The van der Waals surface area contributed by atoms with Gasteiger partial charge in [-0.2, -0.15) is 0 Å². The monoisotopic (exact) mass is 373 g/mol. The first kappa shape index (κ1) is 18.8. The maximum absolute atomic E-state index is 14.7. The summed E-state index contributed by atoms with van der Waals surface area (Å²) in [6.07, 6.45) is 1.60. The summed E-state index contributed by atoms with van der Waals surface area (Å²) >= 11 is 0. The second-order valence-electron chi connectivity index (χ2n) is 6.17. The molecule has 8 heteroatoms. The number of nitrogens with zero attached hydrogens (tertiary/aromatic N) is 2. The topological polar surface area (TPSA) is 80.6 Å². The molecule has 1 amide bonds. The standard InChI is InChI=1S/C19H20FN3O4/c1-2-27-19(26)16-12-21-11-15(16)18(25)23(20)14-8-6-13(7-9-14)22-10-4-3-5-17(22)24/h3-10,15-16,21H,2,11-12H2,1H3/t15-,16-/m0/s1. The van der Waals surface area contributed by atoms with Gasteiger partial charge >= 0.3 is 5.97 Å².